The first kappa shape index (κ1) is 15.7. The number of thiazole rings is 1. The number of nitrogens with one attached hydrogen (secondary N) is 1. The monoisotopic (exact) mass is 372 g/mol. The molecule has 2 aromatic rings. The van der Waals surface area contributed by atoms with Crippen molar-refractivity contribution in [1.29, 1.82) is 0 Å². The molecule has 21 heavy (non-hydrogen) atoms. The zero-order chi connectivity index (χ0) is 15.7. The van der Waals surface area contributed by atoms with E-state index < -0.39 is 12.0 Å². The number of aryl methyl sites for hydroxylation is 2. The van der Waals surface area contributed by atoms with E-state index in [1.165, 1.54) is 0 Å². The zero-order valence-electron chi connectivity index (χ0n) is 11.6. The molecule has 6 nitrogen and oxygen atoms in total. The summed E-state index contributed by atoms with van der Waals surface area (Å²) >= 11 is 4.23. The summed E-state index contributed by atoms with van der Waals surface area (Å²) in [5.74, 6) is -1.16. The Morgan fingerprint density at radius 2 is 2.14 bits per heavy atom. The Kier molecular flexibility index (Phi) is 4.48. The minimum absolute atomic E-state index is 0.183. The van der Waals surface area contributed by atoms with Crippen molar-refractivity contribution >= 4 is 39.1 Å². The first-order valence-electron chi connectivity index (χ1n) is 6.07. The van der Waals surface area contributed by atoms with Crippen molar-refractivity contribution in [2.75, 3.05) is 0 Å². The molecule has 1 atom stereocenters. The lowest BCUT2D eigenvalue weighted by atomic mass is 10.2. The second-order valence-electron chi connectivity index (χ2n) is 4.53. The van der Waals surface area contributed by atoms with Gasteiger partial charge in [-0.1, -0.05) is 0 Å². The maximum absolute atomic E-state index is 12.1. The van der Waals surface area contributed by atoms with Crippen molar-refractivity contribution in [2.24, 2.45) is 0 Å². The molecule has 1 amide bonds. The Bertz CT molecular complexity index is 707. The van der Waals surface area contributed by atoms with Crippen LogP contribution in [-0.4, -0.2) is 22.0 Å². The van der Waals surface area contributed by atoms with Gasteiger partial charge in [0.1, 0.15) is 9.88 Å². The highest BCUT2D eigenvalue weighted by atomic mass is 79.9. The number of aromatic carboxylic acids is 1. The summed E-state index contributed by atoms with van der Waals surface area (Å²) < 4.78 is 5.76. The van der Waals surface area contributed by atoms with E-state index in [2.05, 4.69) is 26.2 Å². The quantitative estimate of drug-likeness (QED) is 0.858. The minimum atomic E-state index is -1.01. The fourth-order valence-corrected chi connectivity index (χ4v) is 3.21. The fourth-order valence-electron chi connectivity index (χ4n) is 1.79. The van der Waals surface area contributed by atoms with Gasteiger partial charge in [-0.25, -0.2) is 9.78 Å². The first-order valence-corrected chi connectivity index (χ1v) is 7.68. The number of furan rings is 1. The zero-order valence-corrected chi connectivity index (χ0v) is 14.0. The predicted octanol–water partition coefficient (Wildman–Crippen LogP) is 3.30. The van der Waals surface area contributed by atoms with Gasteiger partial charge < -0.3 is 14.8 Å². The highest BCUT2D eigenvalue weighted by molar-refractivity contribution is 9.10. The SMILES string of the molecule is Cc1cc(Br)oc1C(=O)NC(C)c1nc(C)c(C(=O)O)s1. The summed E-state index contributed by atoms with van der Waals surface area (Å²) in [6.07, 6.45) is 0. The molecule has 0 spiro atoms. The molecule has 0 aromatic carbocycles. The van der Waals surface area contributed by atoms with Crippen LogP contribution in [0.3, 0.4) is 0 Å². The van der Waals surface area contributed by atoms with Gasteiger partial charge in [-0.05, 0) is 42.8 Å². The second kappa shape index (κ2) is 5.98. The van der Waals surface area contributed by atoms with Crippen LogP contribution in [0.2, 0.25) is 0 Å². The summed E-state index contributed by atoms with van der Waals surface area (Å²) in [7, 11) is 0. The van der Waals surface area contributed by atoms with Gasteiger partial charge in [0.05, 0.1) is 11.7 Å². The number of aromatic nitrogens is 1. The lowest BCUT2D eigenvalue weighted by Crippen LogP contribution is -2.26. The number of carboxylic acid groups (broad SMARTS) is 1. The summed E-state index contributed by atoms with van der Waals surface area (Å²) in [6.45, 7) is 5.14. The molecule has 112 valence electrons. The van der Waals surface area contributed by atoms with Gasteiger partial charge in [0.15, 0.2) is 10.4 Å². The molecule has 0 aliphatic carbocycles. The summed E-state index contributed by atoms with van der Waals surface area (Å²) in [6, 6.07) is 1.30. The van der Waals surface area contributed by atoms with E-state index in [1.807, 2.05) is 0 Å². The molecule has 0 aliphatic heterocycles. The molecule has 0 bridgehead atoms. The Morgan fingerprint density at radius 3 is 2.62 bits per heavy atom. The third kappa shape index (κ3) is 3.33. The maximum atomic E-state index is 12.1. The van der Waals surface area contributed by atoms with Gasteiger partial charge >= 0.3 is 5.97 Å². The third-order valence-electron chi connectivity index (χ3n) is 2.82. The van der Waals surface area contributed by atoms with E-state index in [0.717, 1.165) is 11.3 Å². The van der Waals surface area contributed by atoms with Crippen LogP contribution in [-0.2, 0) is 0 Å². The molecule has 0 fully saturated rings. The number of halogens is 1. The average molecular weight is 373 g/mol. The van der Waals surface area contributed by atoms with E-state index in [0.29, 0.717) is 20.9 Å². The molecular formula is C13H13BrN2O4S. The smallest absolute Gasteiger partial charge is 0.347 e. The van der Waals surface area contributed by atoms with E-state index in [4.69, 9.17) is 9.52 Å². The summed E-state index contributed by atoms with van der Waals surface area (Å²) in [5.41, 5.74) is 1.16. The predicted molar refractivity (Wildman–Crippen MR) is 80.8 cm³/mol. The fraction of sp³-hybridized carbons (Fsp3) is 0.308. The topological polar surface area (TPSA) is 92.4 Å². The highest BCUT2D eigenvalue weighted by Gasteiger charge is 2.22. The number of amides is 1. The van der Waals surface area contributed by atoms with Gasteiger partial charge in [0.25, 0.3) is 5.91 Å². The third-order valence-corrected chi connectivity index (χ3v) is 4.54. The van der Waals surface area contributed by atoms with Crippen molar-refractivity contribution in [2.45, 2.75) is 26.8 Å². The number of hydrogen-bond acceptors (Lipinski definition) is 5. The molecule has 2 rings (SSSR count). The van der Waals surface area contributed by atoms with Crippen LogP contribution in [0, 0.1) is 13.8 Å². The van der Waals surface area contributed by atoms with E-state index in [-0.39, 0.29) is 16.5 Å². The maximum Gasteiger partial charge on any atom is 0.347 e. The van der Waals surface area contributed by atoms with Crippen molar-refractivity contribution in [3.05, 3.63) is 37.6 Å². The van der Waals surface area contributed by atoms with Crippen LogP contribution < -0.4 is 5.32 Å². The number of hydrogen-bond donors (Lipinski definition) is 2. The molecule has 0 aliphatic rings. The van der Waals surface area contributed by atoms with Crippen LogP contribution in [0.15, 0.2) is 15.2 Å². The molecular weight excluding hydrogens is 360 g/mol. The molecule has 2 N–H and O–H groups in total. The van der Waals surface area contributed by atoms with Crippen LogP contribution in [0.1, 0.15) is 49.5 Å². The lowest BCUT2D eigenvalue weighted by molar-refractivity contribution is 0.0700. The molecule has 0 saturated heterocycles. The molecule has 2 aromatic heterocycles. The number of carbonyl (C=O) groups is 2. The summed E-state index contributed by atoms with van der Waals surface area (Å²) in [5, 5.41) is 12.3. The van der Waals surface area contributed by atoms with Crippen LogP contribution >= 0.6 is 27.3 Å². The summed E-state index contributed by atoms with van der Waals surface area (Å²) in [4.78, 5) is 27.5. The van der Waals surface area contributed by atoms with E-state index in [9.17, 15) is 9.59 Å². The first-order chi connectivity index (χ1) is 9.79. The van der Waals surface area contributed by atoms with Crippen molar-refractivity contribution in [3.63, 3.8) is 0 Å². The Labute approximate surface area is 133 Å². The standard InChI is InChI=1S/C13H13BrN2O4S/c1-5-4-8(14)20-9(5)11(17)15-7(3)12-16-6(2)10(21-12)13(18)19/h4,7H,1-3H3,(H,15,17)(H,18,19). The van der Waals surface area contributed by atoms with Crippen LogP contribution in [0.5, 0.6) is 0 Å². The Balaban J connectivity index is 2.16. The molecule has 0 saturated carbocycles. The van der Waals surface area contributed by atoms with Gasteiger partial charge in [0, 0.05) is 5.56 Å². The molecule has 0 radical (unpaired) electrons. The lowest BCUT2D eigenvalue weighted by Gasteiger charge is -2.10. The Hall–Kier alpha value is -1.67. The van der Waals surface area contributed by atoms with E-state index >= 15 is 0 Å². The second-order valence-corrected chi connectivity index (χ2v) is 6.34. The van der Waals surface area contributed by atoms with Crippen molar-refractivity contribution < 1.29 is 19.1 Å². The Morgan fingerprint density at radius 1 is 1.48 bits per heavy atom. The molecule has 2 heterocycles. The number of carbonyl (C=O) groups excluding carboxylic acids is 1. The van der Waals surface area contributed by atoms with Crippen LogP contribution in [0.4, 0.5) is 0 Å². The molecule has 8 heteroatoms. The number of carboxylic acids is 1. The van der Waals surface area contributed by atoms with Gasteiger partial charge in [0.2, 0.25) is 0 Å². The molecule has 1 unspecified atom stereocenters. The van der Waals surface area contributed by atoms with Crippen LogP contribution in [0.25, 0.3) is 0 Å². The van der Waals surface area contributed by atoms with Gasteiger partial charge in [-0.2, -0.15) is 0 Å². The minimum Gasteiger partial charge on any atom is -0.477 e. The normalized spacial score (nSPS) is 12.2. The van der Waals surface area contributed by atoms with Crippen molar-refractivity contribution in [1.82, 2.24) is 10.3 Å². The highest BCUT2D eigenvalue weighted by Crippen LogP contribution is 2.25. The van der Waals surface area contributed by atoms with Gasteiger partial charge in [-0.3, -0.25) is 4.79 Å². The number of nitrogens with zero attached hydrogens (tertiary/aromatic N) is 1. The van der Waals surface area contributed by atoms with E-state index in [1.54, 1.807) is 26.8 Å². The number of rotatable bonds is 4. The largest absolute Gasteiger partial charge is 0.477 e. The van der Waals surface area contributed by atoms with Gasteiger partial charge in [-0.15, -0.1) is 11.3 Å². The van der Waals surface area contributed by atoms with Crippen molar-refractivity contribution in [3.8, 4) is 0 Å². The average Bonchev–Trinajstić information content (AvgIpc) is 2.92.